The molecule has 0 spiro atoms. The first-order valence-corrected chi connectivity index (χ1v) is 6.46. The minimum absolute atomic E-state index is 0.102. The van der Waals surface area contributed by atoms with E-state index in [9.17, 15) is 8.42 Å². The number of aliphatic hydroxyl groups excluding tert-OH is 1. The number of hydrogen-bond acceptors (Lipinski definition) is 4. The van der Waals surface area contributed by atoms with Crippen LogP contribution in [0.25, 0.3) is 0 Å². The second kappa shape index (κ2) is 5.06. The van der Waals surface area contributed by atoms with Gasteiger partial charge in [-0.2, -0.15) is 0 Å². The Morgan fingerprint density at radius 2 is 1.86 bits per heavy atom. The monoisotopic (exact) mass is 222 g/mol. The molecule has 0 unspecified atom stereocenters. The minimum atomic E-state index is -3.23. The van der Waals surface area contributed by atoms with Gasteiger partial charge in [0.1, 0.15) is 0 Å². The number of aliphatic hydroxyl groups is 1. The standard InChI is InChI=1S/C8H18N2O3S/c9-7-1-3-8(4-2-7)14(12,13)10-5-6-11/h7-8,10-11H,1-6,9H2. The molecule has 0 atom stereocenters. The second-order valence-electron chi connectivity index (χ2n) is 3.70. The maximum Gasteiger partial charge on any atom is 0.214 e. The fourth-order valence-electron chi connectivity index (χ4n) is 1.70. The molecule has 0 aliphatic heterocycles. The van der Waals surface area contributed by atoms with E-state index >= 15 is 0 Å². The van der Waals surface area contributed by atoms with E-state index in [1.165, 1.54) is 0 Å². The first-order chi connectivity index (χ1) is 6.56. The predicted octanol–water partition coefficient (Wildman–Crippen LogP) is -0.832. The van der Waals surface area contributed by atoms with Gasteiger partial charge in [0.25, 0.3) is 0 Å². The Morgan fingerprint density at radius 1 is 1.29 bits per heavy atom. The van der Waals surface area contributed by atoms with Crippen LogP contribution in [-0.2, 0) is 10.0 Å². The van der Waals surface area contributed by atoms with Gasteiger partial charge in [-0.1, -0.05) is 0 Å². The maximum absolute atomic E-state index is 11.6. The molecule has 0 aromatic rings. The number of hydrogen-bond donors (Lipinski definition) is 3. The third-order valence-corrected chi connectivity index (χ3v) is 4.53. The van der Waals surface area contributed by atoms with Crippen molar-refractivity contribution in [3.8, 4) is 0 Å². The molecule has 84 valence electrons. The zero-order valence-corrected chi connectivity index (χ0v) is 8.96. The van der Waals surface area contributed by atoms with E-state index in [1.54, 1.807) is 0 Å². The summed E-state index contributed by atoms with van der Waals surface area (Å²) >= 11 is 0. The Bertz CT molecular complexity index is 258. The van der Waals surface area contributed by atoms with E-state index in [1.807, 2.05) is 0 Å². The summed E-state index contributed by atoms with van der Waals surface area (Å²) < 4.78 is 25.6. The van der Waals surface area contributed by atoms with Crippen molar-refractivity contribution >= 4 is 10.0 Å². The summed E-state index contributed by atoms with van der Waals surface area (Å²) in [4.78, 5) is 0. The highest BCUT2D eigenvalue weighted by atomic mass is 32.2. The molecule has 5 nitrogen and oxygen atoms in total. The third kappa shape index (κ3) is 3.20. The van der Waals surface area contributed by atoms with Crippen LogP contribution in [-0.4, -0.2) is 38.0 Å². The Hall–Kier alpha value is -0.170. The molecule has 1 rings (SSSR count). The molecule has 0 saturated heterocycles. The molecule has 1 saturated carbocycles. The van der Waals surface area contributed by atoms with Crippen molar-refractivity contribution in [2.75, 3.05) is 13.2 Å². The fraction of sp³-hybridized carbons (Fsp3) is 1.00. The molecular weight excluding hydrogens is 204 g/mol. The lowest BCUT2D eigenvalue weighted by molar-refractivity contribution is 0.300. The molecule has 6 heteroatoms. The smallest absolute Gasteiger partial charge is 0.214 e. The molecule has 0 aromatic carbocycles. The fourth-order valence-corrected chi connectivity index (χ4v) is 3.21. The molecule has 0 bridgehead atoms. The van der Waals surface area contributed by atoms with Gasteiger partial charge in [0.05, 0.1) is 11.9 Å². The number of nitrogens with two attached hydrogens (primary N) is 1. The minimum Gasteiger partial charge on any atom is -0.395 e. The van der Waals surface area contributed by atoms with Crippen LogP contribution in [0.15, 0.2) is 0 Å². The van der Waals surface area contributed by atoms with E-state index in [4.69, 9.17) is 10.8 Å². The molecule has 1 aliphatic carbocycles. The highest BCUT2D eigenvalue weighted by Crippen LogP contribution is 2.22. The van der Waals surface area contributed by atoms with Crippen molar-refractivity contribution in [2.24, 2.45) is 5.73 Å². The molecule has 0 aromatic heterocycles. The van der Waals surface area contributed by atoms with Gasteiger partial charge >= 0.3 is 0 Å². The quantitative estimate of drug-likeness (QED) is 0.579. The van der Waals surface area contributed by atoms with Gasteiger partial charge in [-0.3, -0.25) is 0 Å². The van der Waals surface area contributed by atoms with Crippen LogP contribution >= 0.6 is 0 Å². The Kier molecular flexibility index (Phi) is 4.31. The summed E-state index contributed by atoms with van der Waals surface area (Å²) in [6, 6.07) is 0.152. The molecule has 0 heterocycles. The highest BCUT2D eigenvalue weighted by molar-refractivity contribution is 7.90. The van der Waals surface area contributed by atoms with Gasteiger partial charge in [0.15, 0.2) is 0 Å². The van der Waals surface area contributed by atoms with Crippen molar-refractivity contribution in [3.05, 3.63) is 0 Å². The average Bonchev–Trinajstić information content (AvgIpc) is 2.16. The highest BCUT2D eigenvalue weighted by Gasteiger charge is 2.28. The van der Waals surface area contributed by atoms with Crippen molar-refractivity contribution in [3.63, 3.8) is 0 Å². The van der Waals surface area contributed by atoms with Crippen LogP contribution in [0, 0.1) is 0 Å². The zero-order chi connectivity index (χ0) is 10.6. The summed E-state index contributed by atoms with van der Waals surface area (Å²) in [6.45, 7) is -0.0592. The molecule has 0 radical (unpaired) electrons. The topological polar surface area (TPSA) is 92.4 Å². The number of sulfonamides is 1. The van der Waals surface area contributed by atoms with Crippen LogP contribution < -0.4 is 10.5 Å². The molecule has 0 amide bonds. The molecule has 14 heavy (non-hydrogen) atoms. The second-order valence-corrected chi connectivity index (χ2v) is 5.75. The molecule has 1 fully saturated rings. The summed E-state index contributed by atoms with van der Waals surface area (Å²) in [7, 11) is -3.23. The summed E-state index contributed by atoms with van der Waals surface area (Å²) in [6.07, 6.45) is 2.79. The molecule has 4 N–H and O–H groups in total. The summed E-state index contributed by atoms with van der Waals surface area (Å²) in [5.74, 6) is 0. The van der Waals surface area contributed by atoms with Gasteiger partial charge < -0.3 is 10.8 Å². The summed E-state index contributed by atoms with van der Waals surface area (Å²) in [5, 5.41) is 8.20. The van der Waals surface area contributed by atoms with Crippen molar-refractivity contribution in [1.82, 2.24) is 4.72 Å². The van der Waals surface area contributed by atoms with Crippen LogP contribution in [0.4, 0.5) is 0 Å². The van der Waals surface area contributed by atoms with Crippen molar-refractivity contribution in [1.29, 1.82) is 0 Å². The van der Waals surface area contributed by atoms with Gasteiger partial charge in [-0.15, -0.1) is 0 Å². The zero-order valence-electron chi connectivity index (χ0n) is 8.15. The number of rotatable bonds is 4. The van der Waals surface area contributed by atoms with E-state index < -0.39 is 10.0 Å². The molecular formula is C8H18N2O3S. The van der Waals surface area contributed by atoms with Crippen LogP contribution in [0.5, 0.6) is 0 Å². The van der Waals surface area contributed by atoms with Gasteiger partial charge in [0.2, 0.25) is 10.0 Å². The van der Waals surface area contributed by atoms with Crippen molar-refractivity contribution in [2.45, 2.75) is 37.0 Å². The SMILES string of the molecule is NC1CCC(S(=O)(=O)NCCO)CC1. The van der Waals surface area contributed by atoms with Gasteiger partial charge in [-0.05, 0) is 25.7 Å². The average molecular weight is 222 g/mol. The summed E-state index contributed by atoms with van der Waals surface area (Å²) in [5.41, 5.74) is 5.69. The van der Waals surface area contributed by atoms with Crippen molar-refractivity contribution < 1.29 is 13.5 Å². The molecule has 1 aliphatic rings. The van der Waals surface area contributed by atoms with Crippen LogP contribution in [0.3, 0.4) is 0 Å². The van der Waals surface area contributed by atoms with E-state index in [0.29, 0.717) is 12.8 Å². The largest absolute Gasteiger partial charge is 0.395 e. The maximum atomic E-state index is 11.6. The van der Waals surface area contributed by atoms with E-state index in [-0.39, 0.29) is 24.4 Å². The lowest BCUT2D eigenvalue weighted by atomic mass is 9.96. The predicted molar refractivity (Wildman–Crippen MR) is 54.2 cm³/mol. The normalized spacial score (nSPS) is 29.0. The lowest BCUT2D eigenvalue weighted by Crippen LogP contribution is -2.40. The first kappa shape index (κ1) is 11.9. The Morgan fingerprint density at radius 3 is 2.36 bits per heavy atom. The van der Waals surface area contributed by atoms with E-state index in [0.717, 1.165) is 12.8 Å². The third-order valence-electron chi connectivity index (χ3n) is 2.57. The Balaban J connectivity index is 2.47. The van der Waals surface area contributed by atoms with Crippen LogP contribution in [0.2, 0.25) is 0 Å². The van der Waals surface area contributed by atoms with Gasteiger partial charge in [0, 0.05) is 12.6 Å². The van der Waals surface area contributed by atoms with Gasteiger partial charge in [-0.25, -0.2) is 13.1 Å². The lowest BCUT2D eigenvalue weighted by Gasteiger charge is -2.25. The van der Waals surface area contributed by atoms with Crippen LogP contribution in [0.1, 0.15) is 25.7 Å². The first-order valence-electron chi connectivity index (χ1n) is 4.91. The number of nitrogens with one attached hydrogen (secondary N) is 1. The Labute approximate surface area is 84.7 Å². The van der Waals surface area contributed by atoms with E-state index in [2.05, 4.69) is 4.72 Å².